The van der Waals surface area contributed by atoms with E-state index in [4.69, 9.17) is 42.0 Å². The number of carbonyl (C=O) groups is 4. The lowest BCUT2D eigenvalue weighted by Crippen LogP contribution is -2.44. The normalized spacial score (nSPS) is 25.2. The molecule has 4 amide bonds. The molecule has 4 aliphatic carbocycles. The van der Waals surface area contributed by atoms with Gasteiger partial charge in [0.2, 0.25) is 0 Å². The number of cyclic esters (lactones) is 4. The number of imidazole rings is 1. The first-order valence-corrected chi connectivity index (χ1v) is 43.5. The maximum Gasteiger partial charge on any atom is 0.433 e. The molecule has 670 valence electrons. The van der Waals surface area contributed by atoms with Gasteiger partial charge in [-0.2, -0.15) is 13.2 Å². The SMILES string of the molecule is CC1(C)OC(=O)N(C2CCC(N)CC2)[C@H]1c1ccccc1.Cc1cc(NC2CCC(N3C(=O)OC(C)(C)[C@@H]3c3ccccc3)CC2)c(N)cn1.Cc1cc(NC2CCC(N3C(=O)OC(C)(C)[C@@H]3c3ccccc3)CC2)c([N+](=O)[O-])cn1.Cc1cc2c(cn1)[nH]c(=O)n2C1CCC(N2C(=O)OC(C)(C)[C@@H]2c2ccccc2)CC1.O=[N+]([O-])c1cnc(C(F)(F)F)cc1Cl. The number of benzene rings is 4. The number of nitro groups is 2. The molecule has 4 aliphatic heterocycles. The number of hydrogen-bond acceptors (Lipinski definition) is 21. The Kier molecular flexibility index (Phi) is 27.7. The van der Waals surface area contributed by atoms with Crippen LogP contribution in [0.2, 0.25) is 5.02 Å². The number of aromatic amines is 1. The Morgan fingerprint density at radius 3 is 1.13 bits per heavy atom. The predicted octanol–water partition coefficient (Wildman–Crippen LogP) is 20.0. The van der Waals surface area contributed by atoms with Crippen molar-refractivity contribution in [2.24, 2.45) is 5.73 Å². The first-order chi connectivity index (χ1) is 59.8. The standard InChI is InChI=1S/C24H28N4O3.C23H28N4O4.C23H30N4O2.C17H24N2O2.C6H2ClF3N2O2/c1-15-13-20-19(14-25-15)26-22(29)27(20)17-9-11-18(12-10-17)28-21(16-7-5-4-6-8-16)24(2,3)31-23(28)30;1-15-13-19(20(14-24-15)27(29)30)25-17-9-11-18(12-10-17)26-21(16-7-5-4-6-8-16)23(2,3)31-22(26)28;1-15-13-20(19(24)14-25-15)26-17-9-11-18(12-10-17)27-21(16-7-5-4-6-8-16)23(2,3)29-22(27)28;1-17(2)15(12-6-4-3-5-7-12)19(16(20)21-17)14-10-8-13(18)9-11-14;7-3-1-5(6(8,9)10)11-2-4(3)12(13)14/h4-8,13-14,17-18,21H,9-12H2,1-3H3,(H,26,29);4-8,13-14,17-18,21H,9-12H2,1-3H3,(H,24,25);4-8,13-14,17-18,21H,9-12,24H2,1-3H3,(H,25,26);3-7,13-15H,8-11,18H2,1-2H3;1-2H/t3*17?,18?,21-;13?,14?,15-;/m0000./s1. The summed E-state index contributed by atoms with van der Waals surface area (Å²) in [6.07, 6.45) is 14.0. The number of pyridine rings is 4. The minimum absolute atomic E-state index is 0.0123. The molecule has 4 aromatic carbocycles. The summed E-state index contributed by atoms with van der Waals surface area (Å²) in [6, 6.07) is 47.7. The molecule has 126 heavy (non-hydrogen) atoms. The van der Waals surface area contributed by atoms with E-state index >= 15 is 0 Å². The number of halogens is 4. The van der Waals surface area contributed by atoms with Crippen molar-refractivity contribution in [2.45, 2.75) is 280 Å². The Labute approximate surface area is 735 Å². The molecule has 7 N–H and O–H groups in total. The van der Waals surface area contributed by atoms with Crippen molar-refractivity contribution in [1.82, 2.24) is 49.1 Å². The second-order valence-corrected chi connectivity index (χ2v) is 36.4. The highest BCUT2D eigenvalue weighted by molar-refractivity contribution is 6.32. The summed E-state index contributed by atoms with van der Waals surface area (Å²) in [5, 5.41) is 27.8. The highest BCUT2D eigenvalue weighted by Gasteiger charge is 2.56. The molecule has 4 saturated heterocycles. The number of H-pyrrole nitrogens is 1. The average Bonchev–Trinajstić information content (AvgIpc) is 1.60. The molecule has 0 radical (unpaired) electrons. The van der Waals surface area contributed by atoms with Crippen LogP contribution >= 0.6 is 11.6 Å². The van der Waals surface area contributed by atoms with Crippen molar-refractivity contribution in [2.75, 3.05) is 16.4 Å². The molecule has 33 heteroatoms. The van der Waals surface area contributed by atoms with E-state index in [1.165, 1.54) is 6.20 Å². The second-order valence-electron chi connectivity index (χ2n) is 36.0. The summed E-state index contributed by atoms with van der Waals surface area (Å²) in [5.74, 6) is 0. The van der Waals surface area contributed by atoms with E-state index in [0.717, 1.165) is 159 Å². The molecule has 0 unspecified atom stereocenters. The second kappa shape index (κ2) is 38.1. The van der Waals surface area contributed by atoms with Crippen LogP contribution in [0.1, 0.15) is 233 Å². The molecular weight excluding hydrogens is 1640 g/mol. The Morgan fingerprint density at radius 1 is 0.444 bits per heavy atom. The van der Waals surface area contributed by atoms with E-state index in [1.54, 1.807) is 18.5 Å². The van der Waals surface area contributed by atoms with Crippen molar-refractivity contribution >= 4 is 75.4 Å². The number of nitrogens with zero attached hydrogens (tertiary/aromatic N) is 11. The van der Waals surface area contributed by atoms with Gasteiger partial charge in [0, 0.05) is 65.4 Å². The minimum atomic E-state index is -4.65. The summed E-state index contributed by atoms with van der Waals surface area (Å²) in [4.78, 5) is 110. The molecule has 29 nitrogen and oxygen atoms in total. The third-order valence-electron chi connectivity index (χ3n) is 25.3. The number of amides is 4. The van der Waals surface area contributed by atoms with Crippen LogP contribution in [0.15, 0.2) is 175 Å². The topological polar surface area (TPSA) is 370 Å². The number of nitrogens with two attached hydrogens (primary N) is 2. The first-order valence-electron chi connectivity index (χ1n) is 43.1. The van der Waals surface area contributed by atoms with Crippen LogP contribution in [-0.4, -0.2) is 148 Å². The maximum absolute atomic E-state index is 12.9. The summed E-state index contributed by atoms with van der Waals surface area (Å²) in [5.41, 5.74) is 18.6. The number of anilines is 3. The molecule has 0 spiro atoms. The van der Waals surface area contributed by atoms with Gasteiger partial charge in [0.15, 0.2) is 0 Å². The number of alkyl halides is 3. The molecular formula is C93H112ClF3N16O13. The monoisotopic (exact) mass is 1750 g/mol. The van der Waals surface area contributed by atoms with Crippen molar-refractivity contribution < 1.29 is 61.1 Å². The summed E-state index contributed by atoms with van der Waals surface area (Å²) < 4.78 is 60.9. The van der Waals surface area contributed by atoms with E-state index < -0.39 is 54.8 Å². The fraction of sp³-hybridized carbons (Fsp3) is 0.473. The van der Waals surface area contributed by atoms with Gasteiger partial charge >= 0.3 is 47.6 Å². The van der Waals surface area contributed by atoms with E-state index in [1.807, 2.05) is 197 Å². The van der Waals surface area contributed by atoms with Gasteiger partial charge in [-0.1, -0.05) is 133 Å². The van der Waals surface area contributed by atoms with Crippen molar-refractivity contribution in [3.63, 3.8) is 0 Å². The molecule has 4 atom stereocenters. The number of nitrogen functional groups attached to an aromatic ring is 1. The molecule has 8 fully saturated rings. The zero-order valence-corrected chi connectivity index (χ0v) is 73.6. The number of nitrogens with one attached hydrogen (secondary N) is 3. The van der Waals surface area contributed by atoms with Crippen LogP contribution in [0.3, 0.4) is 0 Å². The molecule has 9 aromatic rings. The lowest BCUT2D eigenvalue weighted by molar-refractivity contribution is -0.385. The molecule has 4 saturated carbocycles. The van der Waals surface area contributed by atoms with Crippen molar-refractivity contribution in [3.8, 4) is 0 Å². The number of aromatic nitrogens is 6. The number of hydrogen-bond donors (Lipinski definition) is 5. The van der Waals surface area contributed by atoms with Crippen LogP contribution in [0.25, 0.3) is 11.0 Å². The van der Waals surface area contributed by atoms with Gasteiger partial charge in [-0.15, -0.1) is 0 Å². The molecule has 0 bridgehead atoms. The highest BCUT2D eigenvalue weighted by atomic mass is 35.5. The molecule has 8 aliphatic rings. The zero-order valence-electron chi connectivity index (χ0n) is 72.8. The third kappa shape index (κ3) is 20.8. The number of aryl methyl sites for hydroxylation is 3. The van der Waals surface area contributed by atoms with Gasteiger partial charge in [0.25, 0.3) is 0 Å². The molecule has 17 rings (SSSR count). The van der Waals surface area contributed by atoms with Gasteiger partial charge in [0.05, 0.1) is 68.8 Å². The van der Waals surface area contributed by atoms with E-state index in [-0.39, 0.29) is 102 Å². The number of rotatable bonds is 15. The molecule has 5 aromatic heterocycles. The minimum Gasteiger partial charge on any atom is -0.441 e. The Hall–Kier alpha value is -11.9. The summed E-state index contributed by atoms with van der Waals surface area (Å²) in [6.45, 7) is 21.6. The third-order valence-corrected chi connectivity index (χ3v) is 25.6. The average molecular weight is 1750 g/mol. The van der Waals surface area contributed by atoms with Gasteiger partial charge < -0.3 is 46.0 Å². The van der Waals surface area contributed by atoms with Gasteiger partial charge in [-0.25, -0.2) is 29.0 Å². The van der Waals surface area contributed by atoms with Crippen LogP contribution in [-0.2, 0) is 25.1 Å². The lowest BCUT2D eigenvalue weighted by Gasteiger charge is -2.38. The van der Waals surface area contributed by atoms with Gasteiger partial charge in [0.1, 0.15) is 51.2 Å². The Morgan fingerprint density at radius 2 is 0.762 bits per heavy atom. The van der Waals surface area contributed by atoms with Crippen LogP contribution in [0, 0.1) is 41.0 Å². The Bertz CT molecular complexity index is 5410. The predicted molar refractivity (Wildman–Crippen MR) is 472 cm³/mol. The lowest BCUT2D eigenvalue weighted by atomic mass is 9.86. The van der Waals surface area contributed by atoms with Crippen LogP contribution in [0.4, 0.5) is 60.8 Å². The number of ether oxygens (including phenoxy) is 4. The van der Waals surface area contributed by atoms with E-state index in [9.17, 15) is 57.4 Å². The smallest absolute Gasteiger partial charge is 0.433 e. The quantitative estimate of drug-likeness (QED) is 0.0361. The van der Waals surface area contributed by atoms with Crippen molar-refractivity contribution in [3.05, 3.63) is 251 Å². The highest BCUT2D eigenvalue weighted by Crippen LogP contribution is 2.50. The Balaban J connectivity index is 0.000000138. The fourth-order valence-corrected chi connectivity index (χ4v) is 19.7. The first kappa shape index (κ1) is 91.8. The van der Waals surface area contributed by atoms with Crippen LogP contribution < -0.4 is 27.8 Å². The number of fused-ring (bicyclic) bond motifs is 1. The summed E-state index contributed by atoms with van der Waals surface area (Å²) in [7, 11) is 0. The van der Waals surface area contributed by atoms with Crippen LogP contribution in [0.5, 0.6) is 0 Å². The van der Waals surface area contributed by atoms with Crippen molar-refractivity contribution in [1.29, 1.82) is 0 Å². The molecule has 9 heterocycles. The summed E-state index contributed by atoms with van der Waals surface area (Å²) >= 11 is 5.25. The zero-order chi connectivity index (χ0) is 90.5. The van der Waals surface area contributed by atoms with Gasteiger partial charge in [-0.3, -0.25) is 59.3 Å². The van der Waals surface area contributed by atoms with E-state index in [2.05, 4.69) is 72.0 Å². The fourth-order valence-electron chi connectivity index (χ4n) is 19.4. The maximum atomic E-state index is 12.9. The van der Waals surface area contributed by atoms with E-state index in [0.29, 0.717) is 29.7 Å². The number of carbonyl (C=O) groups excluding carboxylic acids is 4. The largest absolute Gasteiger partial charge is 0.441 e. The van der Waals surface area contributed by atoms with Gasteiger partial charge in [-0.05, 0) is 225 Å².